The van der Waals surface area contributed by atoms with E-state index in [1.165, 1.54) is 6.42 Å². The number of nitrogens with zero attached hydrogens (tertiary/aromatic N) is 6. The lowest BCUT2D eigenvalue weighted by molar-refractivity contribution is 0.588. The van der Waals surface area contributed by atoms with E-state index in [2.05, 4.69) is 31.9 Å². The molecule has 0 fully saturated rings. The van der Waals surface area contributed by atoms with E-state index in [1.54, 1.807) is 21.6 Å². The first-order valence-electron chi connectivity index (χ1n) is 12.8. The molecule has 0 unspecified atom stereocenters. The summed E-state index contributed by atoms with van der Waals surface area (Å²) in [7, 11) is -3.57. The molecule has 2 N–H and O–H groups in total. The molecule has 0 atom stereocenters. The van der Waals surface area contributed by atoms with E-state index in [0.717, 1.165) is 42.5 Å². The number of unbranched alkanes of at least 4 members (excludes halogenated alkanes) is 5. The fourth-order valence-corrected chi connectivity index (χ4v) is 5.84. The zero-order valence-corrected chi connectivity index (χ0v) is 23.3. The van der Waals surface area contributed by atoms with Gasteiger partial charge in [0.15, 0.2) is 5.82 Å². The normalized spacial score (nSPS) is 12.1. The maximum Gasteiger partial charge on any atom is 0.233 e. The van der Waals surface area contributed by atoms with Crippen LogP contribution < -0.4 is 4.72 Å². The molecule has 0 aliphatic rings. The Morgan fingerprint density at radius 2 is 1.76 bits per heavy atom. The molecule has 0 aliphatic heterocycles. The molecule has 1 aromatic carbocycles. The molecule has 5 rings (SSSR count). The minimum Gasteiger partial charge on any atom is -0.278 e. The molecule has 0 saturated carbocycles. The number of aryl methyl sites for hydroxylation is 2. The van der Waals surface area contributed by atoms with E-state index < -0.39 is 10.0 Å². The van der Waals surface area contributed by atoms with Crippen molar-refractivity contribution in [1.29, 1.82) is 0 Å². The SMILES string of the molecule is CCCCCCCCS(=O)(=O)Nc1cc2c(cnn2-c2c(C)[nH]n3nc(-c4ccc(C)cc4)nc23)c(Cl)n1. The Balaban J connectivity index is 1.45. The summed E-state index contributed by atoms with van der Waals surface area (Å²) < 4.78 is 31.4. The Hall–Kier alpha value is -3.44. The average molecular weight is 555 g/mol. The topological polar surface area (TPSA) is 123 Å². The second-order valence-electron chi connectivity index (χ2n) is 9.60. The van der Waals surface area contributed by atoms with E-state index in [-0.39, 0.29) is 16.7 Å². The number of rotatable bonds is 11. The van der Waals surface area contributed by atoms with E-state index in [1.807, 2.05) is 38.1 Å². The number of halogens is 1. The Labute approximate surface area is 226 Å². The number of aromatic amines is 1. The van der Waals surface area contributed by atoms with Gasteiger partial charge < -0.3 is 0 Å². The zero-order valence-electron chi connectivity index (χ0n) is 21.7. The lowest BCUT2D eigenvalue weighted by atomic mass is 10.1. The molecule has 38 heavy (non-hydrogen) atoms. The van der Waals surface area contributed by atoms with Gasteiger partial charge in [0.2, 0.25) is 15.7 Å². The third kappa shape index (κ3) is 5.39. The Morgan fingerprint density at radius 1 is 1.03 bits per heavy atom. The van der Waals surface area contributed by atoms with Crippen molar-refractivity contribution in [2.75, 3.05) is 10.5 Å². The monoisotopic (exact) mass is 554 g/mol. The highest BCUT2D eigenvalue weighted by Gasteiger charge is 2.21. The van der Waals surface area contributed by atoms with Gasteiger partial charge >= 0.3 is 0 Å². The van der Waals surface area contributed by atoms with Gasteiger partial charge in [0.1, 0.15) is 16.7 Å². The second kappa shape index (κ2) is 10.7. The van der Waals surface area contributed by atoms with Crippen molar-refractivity contribution in [3.8, 4) is 17.1 Å². The van der Waals surface area contributed by atoms with Crippen LogP contribution >= 0.6 is 11.6 Å². The summed E-state index contributed by atoms with van der Waals surface area (Å²) in [5.41, 5.74) is 4.72. The lowest BCUT2D eigenvalue weighted by Crippen LogP contribution is -2.17. The van der Waals surface area contributed by atoms with Crippen LogP contribution in [0.15, 0.2) is 36.5 Å². The number of hydrogen-bond donors (Lipinski definition) is 2. The highest BCUT2D eigenvalue weighted by molar-refractivity contribution is 7.92. The predicted molar refractivity (Wildman–Crippen MR) is 150 cm³/mol. The summed E-state index contributed by atoms with van der Waals surface area (Å²) in [6.07, 6.45) is 7.60. The maximum absolute atomic E-state index is 12.7. The van der Waals surface area contributed by atoms with Gasteiger partial charge in [-0.25, -0.2) is 23.1 Å². The Kier molecular flexibility index (Phi) is 7.40. The van der Waals surface area contributed by atoms with Crippen LogP contribution in [-0.4, -0.2) is 48.7 Å². The number of anilines is 1. The molecule has 0 saturated heterocycles. The molecule has 0 aliphatic carbocycles. The molecule has 0 radical (unpaired) electrons. The van der Waals surface area contributed by atoms with Gasteiger partial charge in [-0.05, 0) is 20.3 Å². The maximum atomic E-state index is 12.7. The number of fused-ring (bicyclic) bond motifs is 2. The molecule has 0 spiro atoms. The molecular formula is C26H31ClN8O2S. The first-order chi connectivity index (χ1) is 18.3. The molecular weight excluding hydrogens is 524 g/mol. The number of sulfonamides is 1. The third-order valence-corrected chi connectivity index (χ3v) is 8.15. The van der Waals surface area contributed by atoms with Crippen molar-refractivity contribution in [3.63, 3.8) is 0 Å². The molecule has 12 heteroatoms. The van der Waals surface area contributed by atoms with Crippen molar-refractivity contribution < 1.29 is 8.42 Å². The third-order valence-electron chi connectivity index (χ3n) is 6.52. The van der Waals surface area contributed by atoms with Gasteiger partial charge in [-0.3, -0.25) is 9.82 Å². The van der Waals surface area contributed by atoms with E-state index in [4.69, 9.17) is 16.6 Å². The van der Waals surface area contributed by atoms with Gasteiger partial charge in [-0.1, -0.05) is 80.5 Å². The van der Waals surface area contributed by atoms with Crippen molar-refractivity contribution in [3.05, 3.63) is 52.9 Å². The quantitative estimate of drug-likeness (QED) is 0.156. The van der Waals surface area contributed by atoms with E-state index >= 15 is 0 Å². The summed E-state index contributed by atoms with van der Waals surface area (Å²) in [5.74, 6) is 0.771. The van der Waals surface area contributed by atoms with Crippen molar-refractivity contribution in [2.45, 2.75) is 59.3 Å². The first kappa shape index (κ1) is 26.2. The van der Waals surface area contributed by atoms with E-state index in [0.29, 0.717) is 34.5 Å². The number of benzene rings is 1. The standard InChI is InChI=1S/C26H31ClN8O2S/c1-4-5-6-7-8-9-14-38(36,37)33-22-15-21-20(24(27)29-22)16-28-34(21)23-18(3)31-35-26(23)30-25(32-35)19-12-10-17(2)11-13-19/h10-13,15-16,31H,4-9,14H2,1-3H3,(H,29,33). The van der Waals surface area contributed by atoms with Gasteiger partial charge in [0.25, 0.3) is 0 Å². The van der Waals surface area contributed by atoms with Crippen molar-refractivity contribution >= 4 is 44.0 Å². The number of aromatic nitrogens is 7. The molecule has 5 aromatic rings. The zero-order chi connectivity index (χ0) is 26.9. The number of H-pyrrole nitrogens is 1. The Bertz CT molecular complexity index is 1690. The van der Waals surface area contributed by atoms with Crippen LogP contribution in [0.1, 0.15) is 56.7 Å². The minimum absolute atomic E-state index is 0.0365. The van der Waals surface area contributed by atoms with Crippen molar-refractivity contribution in [1.82, 2.24) is 34.6 Å². The highest BCUT2D eigenvalue weighted by Crippen LogP contribution is 2.30. The minimum atomic E-state index is -3.57. The summed E-state index contributed by atoms with van der Waals surface area (Å²) >= 11 is 6.46. The lowest BCUT2D eigenvalue weighted by Gasteiger charge is -2.09. The van der Waals surface area contributed by atoms with Crippen molar-refractivity contribution in [2.24, 2.45) is 0 Å². The van der Waals surface area contributed by atoms with Crippen LogP contribution in [0.5, 0.6) is 0 Å². The predicted octanol–water partition coefficient (Wildman–Crippen LogP) is 5.83. The van der Waals surface area contributed by atoms with Crippen LogP contribution in [-0.2, 0) is 10.0 Å². The first-order valence-corrected chi connectivity index (χ1v) is 14.9. The molecule has 4 heterocycles. The summed E-state index contributed by atoms with van der Waals surface area (Å²) in [4.78, 5) is 9.03. The highest BCUT2D eigenvalue weighted by atomic mass is 35.5. The van der Waals surface area contributed by atoms with Crippen LogP contribution in [0, 0.1) is 13.8 Å². The fourth-order valence-electron chi connectivity index (χ4n) is 4.50. The van der Waals surface area contributed by atoms with Gasteiger partial charge in [0, 0.05) is 11.6 Å². The number of pyridine rings is 1. The molecule has 0 amide bonds. The summed E-state index contributed by atoms with van der Waals surface area (Å²) in [6, 6.07) is 9.64. The van der Waals surface area contributed by atoms with Gasteiger partial charge in [-0.2, -0.15) is 9.73 Å². The molecule has 0 bridgehead atoms. The second-order valence-corrected chi connectivity index (χ2v) is 11.8. The molecule has 4 aromatic heterocycles. The fraction of sp³-hybridized carbons (Fsp3) is 0.385. The molecule has 200 valence electrons. The van der Waals surface area contributed by atoms with Crippen LogP contribution in [0.4, 0.5) is 5.82 Å². The Morgan fingerprint density at radius 3 is 2.53 bits per heavy atom. The number of hydrogen-bond acceptors (Lipinski definition) is 6. The largest absolute Gasteiger partial charge is 0.278 e. The van der Waals surface area contributed by atoms with Crippen LogP contribution in [0.25, 0.3) is 33.6 Å². The van der Waals surface area contributed by atoms with Crippen LogP contribution in [0.3, 0.4) is 0 Å². The summed E-state index contributed by atoms with van der Waals surface area (Å²) in [6.45, 7) is 6.09. The van der Waals surface area contributed by atoms with E-state index in [9.17, 15) is 8.42 Å². The van der Waals surface area contributed by atoms with Gasteiger partial charge in [0.05, 0.1) is 28.5 Å². The van der Waals surface area contributed by atoms with Gasteiger partial charge in [-0.15, -0.1) is 5.10 Å². The number of nitrogens with one attached hydrogen (secondary N) is 2. The summed E-state index contributed by atoms with van der Waals surface area (Å²) in [5, 5.41) is 13.1. The van der Waals surface area contributed by atoms with Crippen LogP contribution in [0.2, 0.25) is 5.15 Å². The average Bonchev–Trinajstić information content (AvgIpc) is 3.54. The molecule has 10 nitrogen and oxygen atoms in total. The smallest absolute Gasteiger partial charge is 0.233 e.